The third-order valence-electron chi connectivity index (χ3n) is 7.14. The van der Waals surface area contributed by atoms with Crippen LogP contribution in [-0.2, 0) is 15.6 Å². The molecule has 156 valence electrons. The number of aromatic nitrogens is 1. The molecule has 0 spiro atoms. The van der Waals surface area contributed by atoms with Gasteiger partial charge in [-0.15, -0.1) is 11.3 Å². The highest BCUT2D eigenvalue weighted by Crippen LogP contribution is 2.53. The Hall–Kier alpha value is -2.31. The van der Waals surface area contributed by atoms with E-state index in [-0.39, 0.29) is 11.2 Å². The second-order valence-corrected chi connectivity index (χ2v) is 10.2. The predicted molar refractivity (Wildman–Crippen MR) is 116 cm³/mol. The summed E-state index contributed by atoms with van der Waals surface area (Å²) in [4.78, 5) is 17.8. The highest BCUT2D eigenvalue weighted by atomic mass is 32.1. The zero-order valence-corrected chi connectivity index (χ0v) is 18.0. The van der Waals surface area contributed by atoms with Crippen molar-refractivity contribution >= 4 is 27.5 Å². The van der Waals surface area contributed by atoms with Gasteiger partial charge in [-0.05, 0) is 79.3 Å². The van der Waals surface area contributed by atoms with Crippen LogP contribution >= 0.6 is 11.3 Å². The number of nitrogens with one attached hydrogen (secondary N) is 1. The Labute approximate surface area is 179 Å². The normalized spacial score (nSPS) is 26.3. The molecule has 2 saturated carbocycles. The van der Waals surface area contributed by atoms with E-state index in [1.165, 1.54) is 28.6 Å². The molecule has 0 aliphatic heterocycles. The van der Waals surface area contributed by atoms with Gasteiger partial charge in [0.1, 0.15) is 5.82 Å². The molecule has 2 aliphatic carbocycles. The Balaban J connectivity index is 1.56. The molecule has 0 bridgehead atoms. The third kappa shape index (κ3) is 2.96. The maximum atomic E-state index is 14.3. The maximum absolute atomic E-state index is 14.3. The van der Waals surface area contributed by atoms with Gasteiger partial charge in [0.05, 0.1) is 20.6 Å². The van der Waals surface area contributed by atoms with E-state index in [1.54, 1.807) is 24.3 Å². The van der Waals surface area contributed by atoms with Crippen LogP contribution in [0.3, 0.4) is 0 Å². The molecule has 4 nitrogen and oxygen atoms in total. The van der Waals surface area contributed by atoms with Gasteiger partial charge in [0.15, 0.2) is 0 Å². The number of hydroxylamine groups is 1. The van der Waals surface area contributed by atoms with Crippen molar-refractivity contribution in [3.63, 3.8) is 0 Å². The Morgan fingerprint density at radius 1 is 1.27 bits per heavy atom. The molecule has 2 aromatic carbocycles. The first-order valence-corrected chi connectivity index (χ1v) is 11.3. The van der Waals surface area contributed by atoms with Gasteiger partial charge >= 0.3 is 0 Å². The fourth-order valence-electron chi connectivity index (χ4n) is 5.18. The molecule has 2 atom stereocenters. The first kappa shape index (κ1) is 19.6. The van der Waals surface area contributed by atoms with Crippen molar-refractivity contribution in [1.29, 1.82) is 0 Å². The fraction of sp³-hybridized carbons (Fsp3) is 0.417. The molecule has 1 aromatic heterocycles. The van der Waals surface area contributed by atoms with Gasteiger partial charge in [-0.2, -0.15) is 0 Å². The average Bonchev–Trinajstić information content (AvgIpc) is 3.40. The summed E-state index contributed by atoms with van der Waals surface area (Å²) < 4.78 is 15.5. The summed E-state index contributed by atoms with van der Waals surface area (Å²) in [5.74, 6) is -0.168. The molecule has 2 fully saturated rings. The van der Waals surface area contributed by atoms with Gasteiger partial charge in [0.25, 0.3) is 5.91 Å². The maximum Gasteiger partial charge on any atom is 0.254 e. The van der Waals surface area contributed by atoms with Crippen molar-refractivity contribution in [2.75, 3.05) is 0 Å². The quantitative estimate of drug-likeness (QED) is 0.429. The SMILES string of the molecule is Cc1c(F)cccc1[C@]1(C(=O)NO)CC[C@@](C)(c2ccc3sc(C4CC4)nc3c2)C1. The van der Waals surface area contributed by atoms with Gasteiger partial charge in [-0.25, -0.2) is 14.9 Å². The zero-order chi connectivity index (χ0) is 21.1. The second kappa shape index (κ2) is 6.86. The summed E-state index contributed by atoms with van der Waals surface area (Å²) in [5.41, 5.74) is 3.91. The fourth-order valence-corrected chi connectivity index (χ4v) is 6.30. The van der Waals surface area contributed by atoms with E-state index >= 15 is 0 Å². The van der Waals surface area contributed by atoms with Gasteiger partial charge in [0, 0.05) is 5.92 Å². The van der Waals surface area contributed by atoms with E-state index < -0.39 is 11.3 Å². The predicted octanol–water partition coefficient (Wildman–Crippen LogP) is 5.51. The number of hydrogen-bond donors (Lipinski definition) is 2. The molecule has 2 N–H and O–H groups in total. The minimum absolute atomic E-state index is 0.275. The highest BCUT2D eigenvalue weighted by molar-refractivity contribution is 7.18. The summed E-state index contributed by atoms with van der Waals surface area (Å²) in [6.07, 6.45) is 4.28. The number of benzene rings is 2. The number of fused-ring (bicyclic) bond motifs is 1. The summed E-state index contributed by atoms with van der Waals surface area (Å²) in [6.45, 7) is 3.86. The van der Waals surface area contributed by atoms with Crippen molar-refractivity contribution in [2.45, 2.75) is 62.7 Å². The number of thiazole rings is 1. The molecule has 0 radical (unpaired) electrons. The topological polar surface area (TPSA) is 62.2 Å². The van der Waals surface area contributed by atoms with E-state index in [9.17, 15) is 14.4 Å². The Bertz CT molecular complexity index is 1160. The lowest BCUT2D eigenvalue weighted by molar-refractivity contribution is -0.135. The Morgan fingerprint density at radius 2 is 2.07 bits per heavy atom. The van der Waals surface area contributed by atoms with Crippen molar-refractivity contribution in [1.82, 2.24) is 10.5 Å². The van der Waals surface area contributed by atoms with E-state index in [2.05, 4.69) is 25.1 Å². The molecule has 0 saturated heterocycles. The molecular weight excluding hydrogens is 399 g/mol. The van der Waals surface area contributed by atoms with Crippen LogP contribution in [0.15, 0.2) is 36.4 Å². The smallest absolute Gasteiger partial charge is 0.254 e. The summed E-state index contributed by atoms with van der Waals surface area (Å²) in [6, 6.07) is 11.3. The third-order valence-corrected chi connectivity index (χ3v) is 8.34. The monoisotopic (exact) mass is 424 g/mol. The van der Waals surface area contributed by atoms with Crippen molar-refractivity contribution in [2.24, 2.45) is 0 Å². The number of rotatable bonds is 4. The van der Waals surface area contributed by atoms with Crippen molar-refractivity contribution in [3.05, 3.63) is 63.9 Å². The van der Waals surface area contributed by atoms with Crippen LogP contribution in [0.2, 0.25) is 0 Å². The van der Waals surface area contributed by atoms with Crippen molar-refractivity contribution < 1.29 is 14.4 Å². The number of halogens is 1. The van der Waals surface area contributed by atoms with Crippen LogP contribution in [0.4, 0.5) is 4.39 Å². The van der Waals surface area contributed by atoms with Crippen molar-refractivity contribution in [3.8, 4) is 0 Å². The molecule has 2 aliphatic rings. The Morgan fingerprint density at radius 3 is 2.80 bits per heavy atom. The van der Waals surface area contributed by atoms with E-state index in [1.807, 2.05) is 11.5 Å². The number of nitrogens with zero attached hydrogens (tertiary/aromatic N) is 1. The van der Waals surface area contributed by atoms with Gasteiger partial charge < -0.3 is 0 Å². The van der Waals surface area contributed by atoms with Gasteiger partial charge in [-0.1, -0.05) is 25.1 Å². The Kier molecular flexibility index (Phi) is 4.49. The molecule has 6 heteroatoms. The molecule has 1 amide bonds. The highest BCUT2D eigenvalue weighted by Gasteiger charge is 2.52. The lowest BCUT2D eigenvalue weighted by Crippen LogP contribution is -2.43. The van der Waals surface area contributed by atoms with Crippen LogP contribution in [0.5, 0.6) is 0 Å². The van der Waals surface area contributed by atoms with Gasteiger partial charge in [0.2, 0.25) is 0 Å². The number of amides is 1. The largest absolute Gasteiger partial charge is 0.289 e. The summed E-state index contributed by atoms with van der Waals surface area (Å²) >= 11 is 1.78. The zero-order valence-electron chi connectivity index (χ0n) is 17.2. The molecule has 1 heterocycles. The minimum atomic E-state index is -0.966. The van der Waals surface area contributed by atoms with Crippen LogP contribution < -0.4 is 5.48 Å². The lowest BCUT2D eigenvalue weighted by atomic mass is 9.71. The van der Waals surface area contributed by atoms with E-state index in [0.717, 1.165) is 17.5 Å². The standard InChI is InChI=1S/C24H25FN2O2S/c1-14-17(4-3-5-18(14)25)24(22(28)27-29)11-10-23(2,13-24)16-8-9-20-19(12-16)26-21(30-20)15-6-7-15/h3-5,8-9,12,15,29H,6-7,10-11,13H2,1-2H3,(H,27,28)/t23-,24+/m1/s1. The van der Waals surface area contributed by atoms with E-state index in [4.69, 9.17) is 4.98 Å². The molecule has 5 rings (SSSR count). The van der Waals surface area contributed by atoms with Crippen LogP contribution in [0, 0.1) is 12.7 Å². The molecular formula is C24H25FN2O2S. The summed E-state index contributed by atoms with van der Waals surface area (Å²) in [7, 11) is 0. The second-order valence-electron chi connectivity index (χ2n) is 9.18. The first-order valence-electron chi connectivity index (χ1n) is 10.5. The first-order chi connectivity index (χ1) is 14.4. The van der Waals surface area contributed by atoms with Crippen LogP contribution in [0.25, 0.3) is 10.2 Å². The van der Waals surface area contributed by atoms with Crippen LogP contribution in [-0.4, -0.2) is 16.1 Å². The van der Waals surface area contributed by atoms with Crippen LogP contribution in [0.1, 0.15) is 66.6 Å². The van der Waals surface area contributed by atoms with Gasteiger partial charge in [-0.3, -0.25) is 10.0 Å². The molecule has 3 aromatic rings. The lowest BCUT2D eigenvalue weighted by Gasteiger charge is -2.32. The molecule has 0 unspecified atom stereocenters. The summed E-state index contributed by atoms with van der Waals surface area (Å²) in [5, 5.41) is 10.7. The number of carbonyl (C=O) groups excluding carboxylic acids is 1. The minimum Gasteiger partial charge on any atom is -0.289 e. The number of hydrogen-bond acceptors (Lipinski definition) is 4. The molecule has 30 heavy (non-hydrogen) atoms. The van der Waals surface area contributed by atoms with E-state index in [0.29, 0.717) is 29.9 Å². The number of carbonyl (C=O) groups is 1. The average molecular weight is 425 g/mol.